The van der Waals surface area contributed by atoms with Crippen LogP contribution in [0, 0.1) is 0 Å². The lowest BCUT2D eigenvalue weighted by molar-refractivity contribution is -0.145. The summed E-state index contributed by atoms with van der Waals surface area (Å²) in [5.41, 5.74) is 0.873. The van der Waals surface area contributed by atoms with Crippen LogP contribution in [0.15, 0.2) is 54.6 Å². The number of benzene rings is 2. The zero-order chi connectivity index (χ0) is 23.9. The van der Waals surface area contributed by atoms with Gasteiger partial charge in [-0.05, 0) is 62.1 Å². The van der Waals surface area contributed by atoms with Gasteiger partial charge in [-0.3, -0.25) is 9.59 Å². The highest BCUT2D eigenvalue weighted by atomic mass is 16.5. The Morgan fingerprint density at radius 3 is 2.41 bits per heavy atom. The molecule has 2 aromatic rings. The quantitative estimate of drug-likeness (QED) is 0.589. The summed E-state index contributed by atoms with van der Waals surface area (Å²) in [6.07, 6.45) is 2.19. The summed E-state index contributed by atoms with van der Waals surface area (Å²) in [6.45, 7) is 1.40. The number of likely N-dealkylation sites (tertiary alicyclic amines) is 2. The number of carbonyl (C=O) groups is 2. The van der Waals surface area contributed by atoms with Crippen molar-refractivity contribution in [3.63, 3.8) is 0 Å². The highest BCUT2D eigenvalue weighted by Crippen LogP contribution is 2.27. The van der Waals surface area contributed by atoms with Crippen molar-refractivity contribution in [2.75, 3.05) is 38.7 Å². The van der Waals surface area contributed by atoms with Gasteiger partial charge >= 0.3 is 0 Å². The molecule has 0 aliphatic carbocycles. The first-order valence-corrected chi connectivity index (χ1v) is 11.9. The zero-order valence-corrected chi connectivity index (χ0v) is 19.6. The molecular weight excluding hydrogens is 434 g/mol. The SMILES string of the molecule is COc1ccc(OCC(O)[C@@H]2CCCN2C(=O)[C@H]2CCCN2C(=O)CNc2ccccc2)cc1. The predicted octanol–water partition coefficient (Wildman–Crippen LogP) is 2.53. The smallest absolute Gasteiger partial charge is 0.245 e. The Morgan fingerprint density at radius 1 is 1.00 bits per heavy atom. The van der Waals surface area contributed by atoms with E-state index in [1.165, 1.54) is 0 Å². The van der Waals surface area contributed by atoms with Crippen LogP contribution in [-0.4, -0.2) is 78.3 Å². The number of methoxy groups -OCH3 is 1. The van der Waals surface area contributed by atoms with E-state index in [0.29, 0.717) is 25.3 Å². The number of hydrogen-bond acceptors (Lipinski definition) is 6. The van der Waals surface area contributed by atoms with Gasteiger partial charge in [0.15, 0.2) is 0 Å². The van der Waals surface area contributed by atoms with Crippen LogP contribution in [-0.2, 0) is 9.59 Å². The monoisotopic (exact) mass is 467 g/mol. The number of carbonyl (C=O) groups excluding carboxylic acids is 2. The van der Waals surface area contributed by atoms with Crippen LogP contribution in [0.1, 0.15) is 25.7 Å². The molecule has 2 N–H and O–H groups in total. The number of amides is 2. The highest BCUT2D eigenvalue weighted by Gasteiger charge is 2.41. The minimum absolute atomic E-state index is 0.0726. The fourth-order valence-electron chi connectivity index (χ4n) is 4.78. The van der Waals surface area contributed by atoms with Gasteiger partial charge in [-0.25, -0.2) is 0 Å². The van der Waals surface area contributed by atoms with Crippen LogP contribution in [0.2, 0.25) is 0 Å². The fourth-order valence-corrected chi connectivity index (χ4v) is 4.78. The van der Waals surface area contributed by atoms with Gasteiger partial charge in [0.2, 0.25) is 11.8 Å². The van der Waals surface area contributed by atoms with Crippen LogP contribution in [0.25, 0.3) is 0 Å². The third-order valence-corrected chi connectivity index (χ3v) is 6.58. The number of anilines is 1. The average molecular weight is 468 g/mol. The number of nitrogens with zero attached hydrogens (tertiary/aromatic N) is 2. The topological polar surface area (TPSA) is 91.3 Å². The van der Waals surface area contributed by atoms with E-state index in [1.807, 2.05) is 30.3 Å². The molecule has 0 saturated carbocycles. The lowest BCUT2D eigenvalue weighted by Gasteiger charge is -2.33. The zero-order valence-electron chi connectivity index (χ0n) is 19.6. The molecule has 2 saturated heterocycles. The molecule has 4 rings (SSSR count). The second-order valence-electron chi connectivity index (χ2n) is 8.76. The van der Waals surface area contributed by atoms with Crippen LogP contribution in [0.5, 0.6) is 11.5 Å². The molecule has 0 spiro atoms. The summed E-state index contributed by atoms with van der Waals surface area (Å²) in [4.78, 5) is 29.8. The van der Waals surface area contributed by atoms with Crippen molar-refractivity contribution in [1.29, 1.82) is 0 Å². The van der Waals surface area contributed by atoms with Gasteiger partial charge in [0.05, 0.1) is 19.7 Å². The third kappa shape index (κ3) is 5.62. The maximum atomic E-state index is 13.4. The lowest BCUT2D eigenvalue weighted by atomic mass is 10.1. The summed E-state index contributed by atoms with van der Waals surface area (Å²) in [5, 5.41) is 14.0. The van der Waals surface area contributed by atoms with E-state index in [0.717, 1.165) is 30.7 Å². The molecule has 3 atom stereocenters. The molecule has 2 aliphatic heterocycles. The van der Waals surface area contributed by atoms with Crippen molar-refractivity contribution in [2.45, 2.75) is 43.9 Å². The molecule has 8 nitrogen and oxygen atoms in total. The van der Waals surface area contributed by atoms with E-state index < -0.39 is 12.1 Å². The Hall–Kier alpha value is -3.26. The molecule has 2 heterocycles. The number of nitrogens with one attached hydrogen (secondary N) is 1. The van der Waals surface area contributed by atoms with Gasteiger partial charge in [0, 0.05) is 18.8 Å². The van der Waals surface area contributed by atoms with Gasteiger partial charge in [0.1, 0.15) is 30.3 Å². The molecule has 0 aromatic heterocycles. The summed E-state index contributed by atoms with van der Waals surface area (Å²) in [6, 6.07) is 15.9. The second-order valence-corrected chi connectivity index (χ2v) is 8.76. The number of rotatable bonds is 9. The Balaban J connectivity index is 1.33. The molecule has 2 aromatic carbocycles. The fraction of sp³-hybridized carbons (Fsp3) is 0.462. The van der Waals surface area contributed by atoms with Crippen molar-refractivity contribution >= 4 is 17.5 Å². The number of ether oxygens (including phenoxy) is 2. The second kappa shape index (κ2) is 11.2. The van der Waals surface area contributed by atoms with Gasteiger partial charge in [-0.2, -0.15) is 0 Å². The molecule has 34 heavy (non-hydrogen) atoms. The first kappa shape index (κ1) is 23.9. The average Bonchev–Trinajstić information content (AvgIpc) is 3.57. The van der Waals surface area contributed by atoms with E-state index >= 15 is 0 Å². The highest BCUT2D eigenvalue weighted by molar-refractivity contribution is 5.90. The minimum Gasteiger partial charge on any atom is -0.497 e. The maximum Gasteiger partial charge on any atom is 0.245 e. The molecule has 2 amide bonds. The molecule has 0 radical (unpaired) electrons. The molecule has 182 valence electrons. The molecule has 8 heteroatoms. The van der Waals surface area contributed by atoms with E-state index in [1.54, 1.807) is 41.2 Å². The van der Waals surface area contributed by atoms with Crippen LogP contribution < -0.4 is 14.8 Å². The Bertz CT molecular complexity index is 953. The molecular formula is C26H33N3O5. The van der Waals surface area contributed by atoms with Crippen LogP contribution in [0.4, 0.5) is 5.69 Å². The van der Waals surface area contributed by atoms with Gasteiger partial charge < -0.3 is 29.7 Å². The largest absolute Gasteiger partial charge is 0.497 e. The lowest BCUT2D eigenvalue weighted by Crippen LogP contribution is -2.53. The number of para-hydroxylation sites is 1. The standard InChI is InChI=1S/C26H33N3O5/c1-33-20-11-13-21(14-12-20)34-18-24(30)22-9-5-16-29(22)26(32)23-10-6-15-28(23)25(31)17-27-19-7-3-2-4-8-19/h2-4,7-8,11-14,22-24,27,30H,5-6,9-10,15-18H2,1H3/t22-,23+,24?/m0/s1. The Morgan fingerprint density at radius 2 is 1.68 bits per heavy atom. The predicted molar refractivity (Wildman–Crippen MR) is 129 cm³/mol. The number of aliphatic hydroxyl groups is 1. The first-order chi connectivity index (χ1) is 16.6. The van der Waals surface area contributed by atoms with Crippen LogP contribution >= 0.6 is 0 Å². The number of aliphatic hydroxyl groups excluding tert-OH is 1. The van der Waals surface area contributed by atoms with Crippen molar-refractivity contribution in [1.82, 2.24) is 9.80 Å². The van der Waals surface area contributed by atoms with Gasteiger partial charge in [-0.1, -0.05) is 18.2 Å². The molecule has 2 aliphatic rings. The van der Waals surface area contributed by atoms with E-state index in [9.17, 15) is 14.7 Å². The molecule has 2 fully saturated rings. The van der Waals surface area contributed by atoms with Crippen molar-refractivity contribution in [3.8, 4) is 11.5 Å². The van der Waals surface area contributed by atoms with Crippen molar-refractivity contribution < 1.29 is 24.2 Å². The normalized spacial score (nSPS) is 20.8. The van der Waals surface area contributed by atoms with E-state index in [2.05, 4.69) is 5.32 Å². The molecule has 1 unspecified atom stereocenters. The minimum atomic E-state index is -0.807. The van der Waals surface area contributed by atoms with Crippen LogP contribution in [0.3, 0.4) is 0 Å². The van der Waals surface area contributed by atoms with Crippen molar-refractivity contribution in [2.24, 2.45) is 0 Å². The number of hydrogen-bond donors (Lipinski definition) is 2. The Labute approximate surface area is 200 Å². The maximum absolute atomic E-state index is 13.4. The third-order valence-electron chi connectivity index (χ3n) is 6.58. The summed E-state index contributed by atoms with van der Waals surface area (Å²) < 4.78 is 10.9. The van der Waals surface area contributed by atoms with Crippen molar-refractivity contribution in [3.05, 3.63) is 54.6 Å². The van der Waals surface area contributed by atoms with E-state index in [4.69, 9.17) is 9.47 Å². The summed E-state index contributed by atoms with van der Waals surface area (Å²) >= 11 is 0. The summed E-state index contributed by atoms with van der Waals surface area (Å²) in [5.74, 6) is 1.21. The molecule has 0 bridgehead atoms. The van der Waals surface area contributed by atoms with E-state index in [-0.39, 0.29) is 31.0 Å². The van der Waals surface area contributed by atoms with Gasteiger partial charge in [-0.15, -0.1) is 0 Å². The van der Waals surface area contributed by atoms with Gasteiger partial charge in [0.25, 0.3) is 0 Å². The Kier molecular flexibility index (Phi) is 7.90. The summed E-state index contributed by atoms with van der Waals surface area (Å²) in [7, 11) is 1.60. The first-order valence-electron chi connectivity index (χ1n) is 11.9.